The van der Waals surface area contributed by atoms with Crippen molar-refractivity contribution in [3.63, 3.8) is 0 Å². The third-order valence-corrected chi connectivity index (χ3v) is 5.11. The van der Waals surface area contributed by atoms with Crippen LogP contribution in [-0.4, -0.2) is 15.3 Å². The number of hydrazine groups is 1. The van der Waals surface area contributed by atoms with Crippen molar-refractivity contribution in [1.82, 2.24) is 14.8 Å². The Morgan fingerprint density at radius 3 is 2.69 bits per heavy atom. The summed E-state index contributed by atoms with van der Waals surface area (Å²) < 4.78 is 2.66. The summed E-state index contributed by atoms with van der Waals surface area (Å²) in [6, 6.07) is 14.0. The maximum atomic E-state index is 12.7. The quantitative estimate of drug-likeness (QED) is 0.529. The highest BCUT2D eigenvalue weighted by Gasteiger charge is 2.16. The minimum Gasteiger partial charge on any atom is -0.298 e. The summed E-state index contributed by atoms with van der Waals surface area (Å²) >= 11 is 7.22. The average Bonchev–Trinajstić information content (AvgIpc) is 2.97. The van der Waals surface area contributed by atoms with Gasteiger partial charge in [-0.2, -0.15) is 4.98 Å². The number of fused-ring (bicyclic) bond motifs is 3. The molecule has 6 nitrogen and oxygen atoms in total. The zero-order chi connectivity index (χ0) is 18.3. The molecule has 0 spiro atoms. The summed E-state index contributed by atoms with van der Waals surface area (Å²) in [5.74, 6) is -0.435. The fourth-order valence-electron chi connectivity index (χ4n) is 2.64. The maximum Gasteiger partial charge on any atom is 0.286 e. The lowest BCUT2D eigenvalue weighted by atomic mass is 10.2. The summed E-state index contributed by atoms with van der Waals surface area (Å²) in [6.45, 7) is 1.99. The molecule has 0 atom stereocenters. The monoisotopic (exact) mass is 384 g/mol. The van der Waals surface area contributed by atoms with E-state index in [-0.39, 0.29) is 5.69 Å². The normalized spacial score (nSPS) is 11.0. The maximum absolute atomic E-state index is 12.7. The number of anilines is 1. The van der Waals surface area contributed by atoms with Gasteiger partial charge in [0.2, 0.25) is 0 Å². The van der Waals surface area contributed by atoms with E-state index in [1.807, 2.05) is 25.1 Å². The molecule has 0 aliphatic rings. The first kappa shape index (κ1) is 16.6. The van der Waals surface area contributed by atoms with Crippen LogP contribution in [0.4, 0.5) is 5.69 Å². The Bertz CT molecular complexity index is 1200. The molecular formula is C18H13ClN4O2S. The molecule has 0 saturated carbocycles. The van der Waals surface area contributed by atoms with Gasteiger partial charge in [-0.1, -0.05) is 29.0 Å². The largest absolute Gasteiger partial charge is 0.298 e. The zero-order valence-electron chi connectivity index (χ0n) is 13.6. The van der Waals surface area contributed by atoms with Gasteiger partial charge in [0.1, 0.15) is 5.69 Å². The van der Waals surface area contributed by atoms with Crippen LogP contribution in [0.3, 0.4) is 0 Å². The Kier molecular flexibility index (Phi) is 4.10. The van der Waals surface area contributed by atoms with E-state index in [0.717, 1.165) is 15.8 Å². The Hall–Kier alpha value is -2.90. The number of halogens is 1. The first-order valence-corrected chi connectivity index (χ1v) is 8.95. The zero-order valence-corrected chi connectivity index (χ0v) is 15.2. The average molecular weight is 385 g/mol. The Balaban J connectivity index is 1.74. The van der Waals surface area contributed by atoms with Crippen molar-refractivity contribution in [3.05, 3.63) is 75.2 Å². The molecule has 1 amide bonds. The number of hydrogen-bond acceptors (Lipinski definition) is 5. The van der Waals surface area contributed by atoms with E-state index in [4.69, 9.17) is 11.6 Å². The molecule has 130 valence electrons. The van der Waals surface area contributed by atoms with Crippen LogP contribution in [0, 0.1) is 6.92 Å². The first-order chi connectivity index (χ1) is 12.5. The van der Waals surface area contributed by atoms with Gasteiger partial charge in [-0.3, -0.25) is 24.8 Å². The van der Waals surface area contributed by atoms with Crippen LogP contribution in [-0.2, 0) is 0 Å². The number of carbonyl (C=O) groups excluding carboxylic acids is 1. The number of nitrogens with one attached hydrogen (secondary N) is 2. The Morgan fingerprint density at radius 2 is 1.92 bits per heavy atom. The van der Waals surface area contributed by atoms with Gasteiger partial charge in [0, 0.05) is 11.1 Å². The molecule has 8 heteroatoms. The molecule has 2 aromatic heterocycles. The molecule has 4 rings (SSSR count). The number of aryl methyl sites for hydroxylation is 1. The van der Waals surface area contributed by atoms with Crippen LogP contribution >= 0.6 is 22.9 Å². The predicted molar refractivity (Wildman–Crippen MR) is 104 cm³/mol. The molecule has 0 unspecified atom stereocenters. The SMILES string of the molecule is Cc1ccc2c(c1)sc1nc(=O)cc(C(=O)NNc3ccc(Cl)cc3)n12. The van der Waals surface area contributed by atoms with E-state index < -0.39 is 11.5 Å². The highest BCUT2D eigenvalue weighted by atomic mass is 35.5. The van der Waals surface area contributed by atoms with Crippen molar-refractivity contribution in [3.8, 4) is 0 Å². The van der Waals surface area contributed by atoms with Gasteiger partial charge in [0.15, 0.2) is 4.96 Å². The van der Waals surface area contributed by atoms with Gasteiger partial charge in [0.05, 0.1) is 15.9 Å². The van der Waals surface area contributed by atoms with E-state index in [9.17, 15) is 9.59 Å². The molecule has 0 radical (unpaired) electrons. The van der Waals surface area contributed by atoms with E-state index in [2.05, 4.69) is 15.8 Å². The van der Waals surface area contributed by atoms with E-state index in [1.54, 1.807) is 28.7 Å². The lowest BCUT2D eigenvalue weighted by molar-refractivity contribution is 0.0956. The number of amides is 1. The fraction of sp³-hybridized carbons (Fsp3) is 0.0556. The lowest BCUT2D eigenvalue weighted by Gasteiger charge is -2.10. The fourth-order valence-corrected chi connectivity index (χ4v) is 3.90. The van der Waals surface area contributed by atoms with Gasteiger partial charge < -0.3 is 0 Å². The minimum absolute atomic E-state index is 0.219. The van der Waals surface area contributed by atoms with Crippen molar-refractivity contribution in [2.24, 2.45) is 0 Å². The highest BCUT2D eigenvalue weighted by molar-refractivity contribution is 7.23. The molecule has 0 aliphatic carbocycles. The van der Waals surface area contributed by atoms with Crippen molar-refractivity contribution >= 4 is 49.7 Å². The van der Waals surface area contributed by atoms with Gasteiger partial charge >= 0.3 is 0 Å². The van der Waals surface area contributed by atoms with Gasteiger partial charge in [-0.25, -0.2) is 0 Å². The third kappa shape index (κ3) is 3.02. The van der Waals surface area contributed by atoms with Gasteiger partial charge in [-0.15, -0.1) is 0 Å². The highest BCUT2D eigenvalue weighted by Crippen LogP contribution is 2.26. The molecule has 0 bridgehead atoms. The van der Waals surface area contributed by atoms with Gasteiger partial charge in [0.25, 0.3) is 11.5 Å². The molecular weight excluding hydrogens is 372 g/mol. The van der Waals surface area contributed by atoms with Crippen molar-refractivity contribution in [2.45, 2.75) is 6.92 Å². The summed E-state index contributed by atoms with van der Waals surface area (Å²) in [5, 5.41) is 0.601. The molecule has 2 N–H and O–H groups in total. The van der Waals surface area contributed by atoms with Crippen LogP contribution in [0.15, 0.2) is 53.3 Å². The third-order valence-electron chi connectivity index (χ3n) is 3.85. The van der Waals surface area contributed by atoms with E-state index in [1.165, 1.54) is 17.4 Å². The number of hydrogen-bond donors (Lipinski definition) is 2. The number of thiazole rings is 1. The van der Waals surface area contributed by atoms with Crippen molar-refractivity contribution < 1.29 is 4.79 Å². The van der Waals surface area contributed by atoms with Crippen LogP contribution in [0.1, 0.15) is 16.1 Å². The Morgan fingerprint density at radius 1 is 1.15 bits per heavy atom. The molecule has 0 aliphatic heterocycles. The topological polar surface area (TPSA) is 75.5 Å². The van der Waals surface area contributed by atoms with Gasteiger partial charge in [-0.05, 0) is 48.9 Å². The number of carbonyl (C=O) groups is 1. The molecule has 0 saturated heterocycles. The number of benzene rings is 2. The van der Waals surface area contributed by atoms with E-state index in [0.29, 0.717) is 15.7 Å². The molecule has 2 aromatic carbocycles. The summed E-state index contributed by atoms with van der Waals surface area (Å²) in [5.41, 5.74) is 7.79. The number of aromatic nitrogens is 2. The predicted octanol–water partition coefficient (Wildman–Crippen LogP) is 3.63. The molecule has 26 heavy (non-hydrogen) atoms. The van der Waals surface area contributed by atoms with Crippen LogP contribution in [0.25, 0.3) is 15.2 Å². The van der Waals surface area contributed by atoms with Crippen LogP contribution < -0.4 is 16.4 Å². The standard InChI is InChI=1S/C18H13ClN4O2S/c1-10-2-7-13-15(8-10)26-18-20-16(24)9-14(23(13)18)17(25)22-21-12-5-3-11(19)4-6-12/h2-9,21H,1H3,(H,22,25). The molecule has 0 fully saturated rings. The lowest BCUT2D eigenvalue weighted by Crippen LogP contribution is -2.32. The summed E-state index contributed by atoms with van der Waals surface area (Å²) in [4.78, 5) is 29.1. The summed E-state index contributed by atoms with van der Waals surface area (Å²) in [7, 11) is 0. The second-order valence-electron chi connectivity index (χ2n) is 5.76. The first-order valence-electron chi connectivity index (χ1n) is 7.76. The van der Waals surface area contributed by atoms with Crippen LogP contribution in [0.2, 0.25) is 5.02 Å². The second kappa shape index (κ2) is 6.44. The minimum atomic E-state index is -0.454. The van der Waals surface area contributed by atoms with Crippen LogP contribution in [0.5, 0.6) is 0 Å². The van der Waals surface area contributed by atoms with Crippen molar-refractivity contribution in [1.29, 1.82) is 0 Å². The number of nitrogens with zero attached hydrogens (tertiary/aromatic N) is 2. The Labute approximate surface area is 157 Å². The van der Waals surface area contributed by atoms with Crippen molar-refractivity contribution in [2.75, 3.05) is 5.43 Å². The second-order valence-corrected chi connectivity index (χ2v) is 7.20. The smallest absolute Gasteiger partial charge is 0.286 e. The van der Waals surface area contributed by atoms with E-state index >= 15 is 0 Å². The molecule has 4 aromatic rings. The number of rotatable bonds is 3. The molecule has 2 heterocycles. The summed E-state index contributed by atoms with van der Waals surface area (Å²) in [6.07, 6.45) is 0.